The van der Waals surface area contributed by atoms with Gasteiger partial charge >= 0.3 is 0 Å². The SMILES string of the molecule is CCNCc1cccc(NS(=O)(=O)C2CCOCC2)c1. The number of hydrogen-bond acceptors (Lipinski definition) is 4. The maximum atomic E-state index is 12.3. The maximum Gasteiger partial charge on any atom is 0.235 e. The molecule has 1 aromatic rings. The van der Waals surface area contributed by atoms with Crippen LogP contribution in [0, 0.1) is 0 Å². The minimum absolute atomic E-state index is 0.353. The minimum atomic E-state index is -3.32. The van der Waals surface area contributed by atoms with Crippen LogP contribution in [0.15, 0.2) is 24.3 Å². The smallest absolute Gasteiger partial charge is 0.235 e. The summed E-state index contributed by atoms with van der Waals surface area (Å²) in [4.78, 5) is 0. The molecule has 5 nitrogen and oxygen atoms in total. The monoisotopic (exact) mass is 298 g/mol. The Balaban J connectivity index is 2.04. The van der Waals surface area contributed by atoms with Crippen LogP contribution in [0.25, 0.3) is 0 Å². The Morgan fingerprint density at radius 2 is 2.05 bits per heavy atom. The van der Waals surface area contributed by atoms with Crippen molar-refractivity contribution in [2.45, 2.75) is 31.6 Å². The van der Waals surface area contributed by atoms with Crippen LogP contribution in [-0.4, -0.2) is 33.4 Å². The fourth-order valence-electron chi connectivity index (χ4n) is 2.25. The number of rotatable bonds is 6. The van der Waals surface area contributed by atoms with Crippen LogP contribution in [0.5, 0.6) is 0 Å². The van der Waals surface area contributed by atoms with Crippen LogP contribution in [-0.2, 0) is 21.3 Å². The number of benzene rings is 1. The number of sulfonamides is 1. The van der Waals surface area contributed by atoms with E-state index in [4.69, 9.17) is 4.74 Å². The molecule has 0 radical (unpaired) electrons. The van der Waals surface area contributed by atoms with Crippen molar-refractivity contribution in [3.05, 3.63) is 29.8 Å². The molecule has 0 unspecified atom stereocenters. The second-order valence-corrected chi connectivity index (χ2v) is 6.90. The highest BCUT2D eigenvalue weighted by Crippen LogP contribution is 2.20. The van der Waals surface area contributed by atoms with Gasteiger partial charge in [0.1, 0.15) is 0 Å². The molecule has 112 valence electrons. The van der Waals surface area contributed by atoms with Crippen molar-refractivity contribution in [3.8, 4) is 0 Å². The molecular formula is C14H22N2O3S. The van der Waals surface area contributed by atoms with Crippen molar-refractivity contribution in [3.63, 3.8) is 0 Å². The Morgan fingerprint density at radius 3 is 2.75 bits per heavy atom. The molecule has 0 aromatic heterocycles. The van der Waals surface area contributed by atoms with Crippen molar-refractivity contribution in [2.24, 2.45) is 0 Å². The predicted molar refractivity (Wildman–Crippen MR) is 80.2 cm³/mol. The van der Waals surface area contributed by atoms with Crippen molar-refractivity contribution < 1.29 is 13.2 Å². The van der Waals surface area contributed by atoms with E-state index in [2.05, 4.69) is 10.0 Å². The minimum Gasteiger partial charge on any atom is -0.381 e. The van der Waals surface area contributed by atoms with E-state index in [0.29, 0.717) is 31.7 Å². The van der Waals surface area contributed by atoms with Crippen LogP contribution in [0.4, 0.5) is 5.69 Å². The number of nitrogens with one attached hydrogen (secondary N) is 2. The van der Waals surface area contributed by atoms with Gasteiger partial charge in [0.05, 0.1) is 5.25 Å². The fraction of sp³-hybridized carbons (Fsp3) is 0.571. The van der Waals surface area contributed by atoms with Gasteiger partial charge < -0.3 is 10.1 Å². The average Bonchev–Trinajstić information content (AvgIpc) is 2.46. The summed E-state index contributed by atoms with van der Waals surface area (Å²) in [6.45, 7) is 4.71. The third-order valence-electron chi connectivity index (χ3n) is 3.37. The molecule has 2 rings (SSSR count). The number of ether oxygens (including phenoxy) is 1. The van der Waals surface area contributed by atoms with Gasteiger partial charge in [-0.15, -0.1) is 0 Å². The van der Waals surface area contributed by atoms with Crippen LogP contribution in [0.3, 0.4) is 0 Å². The topological polar surface area (TPSA) is 67.4 Å². The molecule has 0 amide bonds. The summed E-state index contributed by atoms with van der Waals surface area (Å²) in [5, 5.41) is 2.87. The first kappa shape index (κ1) is 15.3. The van der Waals surface area contributed by atoms with Gasteiger partial charge in [-0.1, -0.05) is 19.1 Å². The molecule has 1 fully saturated rings. The second-order valence-electron chi connectivity index (χ2n) is 4.94. The lowest BCUT2D eigenvalue weighted by Gasteiger charge is -2.22. The Kier molecular flexibility index (Phi) is 5.39. The first-order valence-electron chi connectivity index (χ1n) is 7.01. The summed E-state index contributed by atoms with van der Waals surface area (Å²) < 4.78 is 32.5. The largest absolute Gasteiger partial charge is 0.381 e. The van der Waals surface area contributed by atoms with E-state index in [1.807, 2.05) is 25.1 Å². The zero-order chi connectivity index (χ0) is 14.4. The van der Waals surface area contributed by atoms with E-state index in [1.54, 1.807) is 6.07 Å². The molecule has 0 bridgehead atoms. The predicted octanol–water partition coefficient (Wildman–Crippen LogP) is 1.72. The summed E-state index contributed by atoms with van der Waals surface area (Å²) in [6, 6.07) is 7.51. The lowest BCUT2D eigenvalue weighted by molar-refractivity contribution is 0.0984. The van der Waals surface area contributed by atoms with Gasteiger partial charge in [0.2, 0.25) is 10.0 Å². The van der Waals surface area contributed by atoms with Crippen LogP contribution in [0.2, 0.25) is 0 Å². The fourth-order valence-corrected chi connectivity index (χ4v) is 3.68. The third-order valence-corrected chi connectivity index (χ3v) is 5.24. The summed E-state index contributed by atoms with van der Waals surface area (Å²) in [5.41, 5.74) is 1.70. The normalized spacial score (nSPS) is 17.1. The summed E-state index contributed by atoms with van der Waals surface area (Å²) >= 11 is 0. The molecule has 20 heavy (non-hydrogen) atoms. The molecule has 1 aliphatic rings. The van der Waals surface area contributed by atoms with Gasteiger partial charge in [-0.05, 0) is 37.1 Å². The van der Waals surface area contributed by atoms with Gasteiger partial charge in [-0.25, -0.2) is 8.42 Å². The molecule has 1 heterocycles. The molecule has 2 N–H and O–H groups in total. The zero-order valence-electron chi connectivity index (χ0n) is 11.8. The van der Waals surface area contributed by atoms with Gasteiger partial charge in [0.25, 0.3) is 0 Å². The van der Waals surface area contributed by atoms with Crippen molar-refractivity contribution in [2.75, 3.05) is 24.5 Å². The van der Waals surface area contributed by atoms with E-state index in [0.717, 1.165) is 18.7 Å². The summed E-state index contributed by atoms with van der Waals surface area (Å²) in [5.74, 6) is 0. The first-order chi connectivity index (χ1) is 9.62. The summed E-state index contributed by atoms with van der Waals surface area (Å²) in [6.07, 6.45) is 1.12. The lowest BCUT2D eigenvalue weighted by Crippen LogP contribution is -2.33. The number of hydrogen-bond donors (Lipinski definition) is 2. The van der Waals surface area contributed by atoms with Gasteiger partial charge in [-0.2, -0.15) is 0 Å². The summed E-state index contributed by atoms with van der Waals surface area (Å²) in [7, 11) is -3.32. The highest BCUT2D eigenvalue weighted by atomic mass is 32.2. The van der Waals surface area contributed by atoms with Crippen LogP contribution in [0.1, 0.15) is 25.3 Å². The Hall–Kier alpha value is -1.11. The Labute approximate surface area is 120 Å². The quantitative estimate of drug-likeness (QED) is 0.839. The zero-order valence-corrected chi connectivity index (χ0v) is 12.6. The third kappa shape index (κ3) is 4.19. The second kappa shape index (κ2) is 7.06. The molecule has 0 saturated carbocycles. The molecule has 6 heteroatoms. The van der Waals surface area contributed by atoms with Crippen molar-refractivity contribution in [1.29, 1.82) is 0 Å². The Bertz CT molecular complexity index is 525. The van der Waals surface area contributed by atoms with E-state index in [9.17, 15) is 8.42 Å². The first-order valence-corrected chi connectivity index (χ1v) is 8.55. The lowest BCUT2D eigenvalue weighted by atomic mass is 10.2. The van der Waals surface area contributed by atoms with E-state index < -0.39 is 10.0 Å². The van der Waals surface area contributed by atoms with Gasteiger partial charge in [-0.3, -0.25) is 4.72 Å². The van der Waals surface area contributed by atoms with E-state index in [-0.39, 0.29) is 5.25 Å². The van der Waals surface area contributed by atoms with Crippen LogP contribution < -0.4 is 10.0 Å². The van der Waals surface area contributed by atoms with Gasteiger partial charge in [0.15, 0.2) is 0 Å². The van der Waals surface area contributed by atoms with Crippen molar-refractivity contribution in [1.82, 2.24) is 5.32 Å². The van der Waals surface area contributed by atoms with E-state index >= 15 is 0 Å². The molecule has 1 saturated heterocycles. The standard InChI is InChI=1S/C14H22N2O3S/c1-2-15-11-12-4-3-5-13(10-12)16-20(17,18)14-6-8-19-9-7-14/h3-5,10,14-16H,2,6-9,11H2,1H3. The average molecular weight is 298 g/mol. The maximum absolute atomic E-state index is 12.3. The van der Waals surface area contributed by atoms with Crippen LogP contribution >= 0.6 is 0 Å². The number of anilines is 1. The van der Waals surface area contributed by atoms with Gasteiger partial charge in [0, 0.05) is 25.4 Å². The molecule has 0 atom stereocenters. The Morgan fingerprint density at radius 1 is 1.30 bits per heavy atom. The highest BCUT2D eigenvalue weighted by Gasteiger charge is 2.27. The molecule has 0 aliphatic carbocycles. The molecular weight excluding hydrogens is 276 g/mol. The highest BCUT2D eigenvalue weighted by molar-refractivity contribution is 7.93. The molecule has 1 aromatic carbocycles. The van der Waals surface area contributed by atoms with Crippen molar-refractivity contribution >= 4 is 15.7 Å². The molecule has 1 aliphatic heterocycles. The molecule has 0 spiro atoms. The van der Waals surface area contributed by atoms with E-state index in [1.165, 1.54) is 0 Å².